The molecule has 0 heterocycles. The molecule has 0 aliphatic carbocycles. The monoisotopic (exact) mass is 525 g/mol. The van der Waals surface area contributed by atoms with Gasteiger partial charge in [-0.15, -0.1) is 0 Å². The Labute approximate surface area is 214 Å². The standard InChI is InChI=1S/C24H29Cl2N3O6/c1-6-32-19-13-18(20(33-7-2)12-16(19)25)28-29-22(14(5)30)24(31)27-15-10-17(26)23(35-9-4)21(11-15)34-8-3/h10-13,22H,6-9H2,1-5H3,(H,27,31). The topological polar surface area (TPSA) is 108 Å². The van der Waals surface area contributed by atoms with Gasteiger partial charge in [-0.2, -0.15) is 10.2 Å². The molecule has 0 aliphatic heterocycles. The number of ketones is 1. The van der Waals surface area contributed by atoms with Crippen molar-refractivity contribution in [2.24, 2.45) is 10.2 Å². The first-order valence-corrected chi connectivity index (χ1v) is 11.9. The molecule has 2 rings (SSSR count). The van der Waals surface area contributed by atoms with Crippen LogP contribution in [0.3, 0.4) is 0 Å². The van der Waals surface area contributed by atoms with Crippen molar-refractivity contribution in [3.8, 4) is 23.0 Å². The molecule has 1 unspecified atom stereocenters. The first-order valence-electron chi connectivity index (χ1n) is 11.2. The Morgan fingerprint density at radius 2 is 1.43 bits per heavy atom. The van der Waals surface area contributed by atoms with E-state index < -0.39 is 17.7 Å². The lowest BCUT2D eigenvalue weighted by molar-refractivity contribution is -0.126. The van der Waals surface area contributed by atoms with Crippen LogP contribution in [0.5, 0.6) is 23.0 Å². The summed E-state index contributed by atoms with van der Waals surface area (Å²) >= 11 is 12.5. The second-order valence-corrected chi connectivity index (χ2v) is 7.80. The molecule has 1 N–H and O–H groups in total. The van der Waals surface area contributed by atoms with Gasteiger partial charge in [-0.1, -0.05) is 23.2 Å². The average molecular weight is 526 g/mol. The molecule has 0 bridgehead atoms. The number of nitrogens with zero attached hydrogens (tertiary/aromatic N) is 2. The highest BCUT2D eigenvalue weighted by molar-refractivity contribution is 6.33. The van der Waals surface area contributed by atoms with Crippen LogP contribution >= 0.6 is 23.2 Å². The first-order chi connectivity index (χ1) is 16.7. The predicted molar refractivity (Wildman–Crippen MR) is 135 cm³/mol. The summed E-state index contributed by atoms with van der Waals surface area (Å²) in [4.78, 5) is 25.2. The lowest BCUT2D eigenvalue weighted by atomic mass is 10.2. The number of nitrogens with one attached hydrogen (secondary N) is 1. The third-order valence-electron chi connectivity index (χ3n) is 4.39. The van der Waals surface area contributed by atoms with E-state index in [1.54, 1.807) is 19.1 Å². The molecule has 0 aliphatic rings. The molecule has 0 aromatic heterocycles. The predicted octanol–water partition coefficient (Wildman–Crippen LogP) is 6.27. The molecule has 11 heteroatoms. The Hall–Kier alpha value is -3.04. The average Bonchev–Trinajstić information content (AvgIpc) is 2.79. The van der Waals surface area contributed by atoms with Gasteiger partial charge in [0.15, 0.2) is 17.3 Å². The van der Waals surface area contributed by atoms with Gasteiger partial charge in [0.2, 0.25) is 6.04 Å². The van der Waals surface area contributed by atoms with Crippen molar-refractivity contribution in [2.45, 2.75) is 40.7 Å². The fourth-order valence-electron chi connectivity index (χ4n) is 2.98. The molecule has 0 spiro atoms. The molecule has 35 heavy (non-hydrogen) atoms. The SMILES string of the molecule is CCOc1cc(N=NC(C(C)=O)C(=O)Nc2cc(Cl)c(OCC)c(OCC)c2)c(OCC)cc1Cl. The van der Waals surface area contributed by atoms with E-state index in [9.17, 15) is 9.59 Å². The molecule has 1 amide bonds. The van der Waals surface area contributed by atoms with Crippen LogP contribution < -0.4 is 24.3 Å². The minimum atomic E-state index is -1.42. The summed E-state index contributed by atoms with van der Waals surface area (Å²) in [7, 11) is 0. The van der Waals surface area contributed by atoms with Crippen LogP contribution in [0.1, 0.15) is 34.6 Å². The molecule has 9 nitrogen and oxygen atoms in total. The minimum Gasteiger partial charge on any atom is -0.492 e. The van der Waals surface area contributed by atoms with Crippen LogP contribution in [0.2, 0.25) is 10.0 Å². The molecule has 0 saturated heterocycles. The summed E-state index contributed by atoms with van der Waals surface area (Å²) in [6, 6.07) is 4.73. The van der Waals surface area contributed by atoms with Crippen molar-refractivity contribution >= 4 is 46.3 Å². The molecule has 190 valence electrons. The lowest BCUT2D eigenvalue weighted by Gasteiger charge is -2.16. The van der Waals surface area contributed by atoms with E-state index in [0.29, 0.717) is 60.1 Å². The number of Topliss-reactive ketones (excluding diaryl/α,β-unsaturated/α-hetero) is 1. The number of anilines is 1. The van der Waals surface area contributed by atoms with Gasteiger partial charge in [0, 0.05) is 23.9 Å². The number of hydrogen-bond acceptors (Lipinski definition) is 8. The van der Waals surface area contributed by atoms with E-state index in [0.717, 1.165) is 0 Å². The van der Waals surface area contributed by atoms with Gasteiger partial charge < -0.3 is 24.3 Å². The number of carbonyl (C=O) groups excluding carboxylic acids is 2. The van der Waals surface area contributed by atoms with E-state index >= 15 is 0 Å². The number of hydrogen-bond donors (Lipinski definition) is 1. The van der Waals surface area contributed by atoms with Crippen molar-refractivity contribution in [2.75, 3.05) is 31.7 Å². The summed E-state index contributed by atoms with van der Waals surface area (Å²) in [5.74, 6) is 0.248. The molecule has 0 saturated carbocycles. The van der Waals surface area contributed by atoms with E-state index in [4.69, 9.17) is 42.1 Å². The highest BCUT2D eigenvalue weighted by Crippen LogP contribution is 2.39. The zero-order valence-electron chi connectivity index (χ0n) is 20.3. The van der Waals surface area contributed by atoms with Crippen molar-refractivity contribution in [1.29, 1.82) is 0 Å². The van der Waals surface area contributed by atoms with Crippen molar-refractivity contribution < 1.29 is 28.5 Å². The van der Waals surface area contributed by atoms with Crippen LogP contribution in [0, 0.1) is 0 Å². The smallest absolute Gasteiger partial charge is 0.258 e. The Kier molecular flexibility index (Phi) is 11.1. The van der Waals surface area contributed by atoms with Crippen LogP contribution in [0.25, 0.3) is 0 Å². The molecule has 2 aromatic carbocycles. The number of amides is 1. The molecule has 2 aromatic rings. The Balaban J connectivity index is 2.35. The molecular formula is C24H29Cl2N3O6. The zero-order valence-corrected chi connectivity index (χ0v) is 21.8. The Bertz CT molecular complexity index is 1080. The maximum absolute atomic E-state index is 12.9. The largest absolute Gasteiger partial charge is 0.492 e. The normalized spacial score (nSPS) is 11.7. The summed E-state index contributed by atoms with van der Waals surface area (Å²) in [6.45, 7) is 9.98. The number of azo groups is 1. The quantitative estimate of drug-likeness (QED) is 0.244. The van der Waals surface area contributed by atoms with Gasteiger partial charge in [0.25, 0.3) is 5.91 Å². The van der Waals surface area contributed by atoms with Crippen LogP contribution in [-0.4, -0.2) is 44.2 Å². The maximum Gasteiger partial charge on any atom is 0.258 e. The Morgan fingerprint density at radius 1 is 0.829 bits per heavy atom. The summed E-state index contributed by atoms with van der Waals surface area (Å²) in [6.07, 6.45) is 0. The van der Waals surface area contributed by atoms with Crippen molar-refractivity contribution in [3.63, 3.8) is 0 Å². The molecular weight excluding hydrogens is 497 g/mol. The second-order valence-electron chi connectivity index (χ2n) is 6.99. The van der Waals surface area contributed by atoms with Gasteiger partial charge in [0.05, 0.1) is 36.5 Å². The van der Waals surface area contributed by atoms with E-state index in [-0.39, 0.29) is 10.7 Å². The number of carbonyl (C=O) groups is 2. The van der Waals surface area contributed by atoms with Gasteiger partial charge in [-0.3, -0.25) is 9.59 Å². The maximum atomic E-state index is 12.9. The second kappa shape index (κ2) is 13.7. The Morgan fingerprint density at radius 3 is 2.03 bits per heavy atom. The highest BCUT2D eigenvalue weighted by atomic mass is 35.5. The number of rotatable bonds is 13. The first kappa shape index (κ1) is 28.2. The summed E-state index contributed by atoms with van der Waals surface area (Å²) in [5.41, 5.74) is 0.579. The van der Waals surface area contributed by atoms with Crippen molar-refractivity contribution in [1.82, 2.24) is 0 Å². The van der Waals surface area contributed by atoms with Gasteiger partial charge in [-0.05, 0) is 40.7 Å². The fraction of sp³-hybridized carbons (Fsp3) is 0.417. The fourth-order valence-corrected chi connectivity index (χ4v) is 3.45. The van der Waals surface area contributed by atoms with Gasteiger partial charge >= 0.3 is 0 Å². The van der Waals surface area contributed by atoms with Crippen LogP contribution in [0.4, 0.5) is 11.4 Å². The van der Waals surface area contributed by atoms with Crippen LogP contribution in [0.15, 0.2) is 34.5 Å². The summed E-state index contributed by atoms with van der Waals surface area (Å²) in [5, 5.41) is 11.3. The van der Waals surface area contributed by atoms with E-state index in [1.165, 1.54) is 19.1 Å². The third-order valence-corrected chi connectivity index (χ3v) is 4.97. The number of halogens is 2. The van der Waals surface area contributed by atoms with Gasteiger partial charge in [-0.25, -0.2) is 0 Å². The van der Waals surface area contributed by atoms with E-state index in [2.05, 4.69) is 15.5 Å². The van der Waals surface area contributed by atoms with E-state index in [1.807, 2.05) is 20.8 Å². The lowest BCUT2D eigenvalue weighted by Crippen LogP contribution is -2.31. The zero-order chi connectivity index (χ0) is 26.0. The summed E-state index contributed by atoms with van der Waals surface area (Å²) < 4.78 is 22.2. The number of benzene rings is 2. The van der Waals surface area contributed by atoms with Gasteiger partial charge in [0.1, 0.15) is 17.2 Å². The number of ether oxygens (including phenoxy) is 4. The molecule has 0 fully saturated rings. The molecule has 1 atom stereocenters. The molecule has 0 radical (unpaired) electrons. The van der Waals surface area contributed by atoms with Crippen LogP contribution in [-0.2, 0) is 9.59 Å². The highest BCUT2D eigenvalue weighted by Gasteiger charge is 2.25. The third kappa shape index (κ3) is 7.73. The minimum absolute atomic E-state index is 0.250. The van der Waals surface area contributed by atoms with Crippen molar-refractivity contribution in [3.05, 3.63) is 34.3 Å².